The van der Waals surface area contributed by atoms with Gasteiger partial charge in [-0.2, -0.15) is 0 Å². The molecule has 1 aliphatic heterocycles. The Hall–Kier alpha value is -3.00. The lowest BCUT2D eigenvalue weighted by Crippen LogP contribution is -2.40. The van der Waals surface area contributed by atoms with Gasteiger partial charge in [-0.3, -0.25) is 9.59 Å². The van der Waals surface area contributed by atoms with Gasteiger partial charge in [-0.1, -0.05) is 30.8 Å². The van der Waals surface area contributed by atoms with Crippen molar-refractivity contribution in [2.24, 2.45) is 5.92 Å². The Bertz CT molecular complexity index is 1100. The zero-order valence-electron chi connectivity index (χ0n) is 18.4. The summed E-state index contributed by atoms with van der Waals surface area (Å²) in [5, 5.41) is 3.56. The minimum absolute atomic E-state index is 0.101. The Balaban J connectivity index is 1.45. The SMILES string of the molecule is COc1ccc(NC(=O)CSc2nc3ccccc3n2CC(=O)N2CCCC(C)C2)cc1. The van der Waals surface area contributed by atoms with Gasteiger partial charge in [0.15, 0.2) is 5.16 Å². The van der Waals surface area contributed by atoms with E-state index in [4.69, 9.17) is 4.74 Å². The molecular weight excluding hydrogens is 424 g/mol. The van der Waals surface area contributed by atoms with Crippen LogP contribution in [0.4, 0.5) is 5.69 Å². The Morgan fingerprint density at radius 3 is 2.72 bits per heavy atom. The summed E-state index contributed by atoms with van der Waals surface area (Å²) in [5.74, 6) is 1.44. The Morgan fingerprint density at radius 2 is 1.97 bits per heavy atom. The number of hydrogen-bond donors (Lipinski definition) is 1. The van der Waals surface area contributed by atoms with Crippen molar-refractivity contribution in [1.82, 2.24) is 14.5 Å². The summed E-state index contributed by atoms with van der Waals surface area (Å²) < 4.78 is 7.08. The molecule has 1 aromatic heterocycles. The molecule has 4 rings (SSSR count). The first-order valence-corrected chi connectivity index (χ1v) is 11.8. The highest BCUT2D eigenvalue weighted by atomic mass is 32.2. The van der Waals surface area contributed by atoms with Crippen molar-refractivity contribution >= 4 is 40.3 Å². The average molecular weight is 453 g/mol. The molecule has 7 nitrogen and oxygen atoms in total. The number of fused-ring (bicyclic) bond motifs is 1. The summed E-state index contributed by atoms with van der Waals surface area (Å²) in [6, 6.07) is 15.0. The van der Waals surface area contributed by atoms with Crippen LogP contribution in [0.3, 0.4) is 0 Å². The largest absolute Gasteiger partial charge is 0.497 e. The summed E-state index contributed by atoms with van der Waals surface area (Å²) in [6.45, 7) is 4.03. The van der Waals surface area contributed by atoms with E-state index in [-0.39, 0.29) is 24.1 Å². The molecule has 1 N–H and O–H groups in total. The summed E-state index contributed by atoms with van der Waals surface area (Å²) in [5.41, 5.74) is 2.44. The van der Waals surface area contributed by atoms with Crippen molar-refractivity contribution in [2.75, 3.05) is 31.3 Å². The highest BCUT2D eigenvalue weighted by Crippen LogP contribution is 2.25. The van der Waals surface area contributed by atoms with E-state index in [9.17, 15) is 9.59 Å². The quantitative estimate of drug-likeness (QED) is 0.548. The minimum Gasteiger partial charge on any atom is -0.497 e. The maximum atomic E-state index is 13.0. The third kappa shape index (κ3) is 5.24. The molecular formula is C24H28N4O3S. The predicted molar refractivity (Wildman–Crippen MR) is 127 cm³/mol. The maximum absolute atomic E-state index is 13.0. The monoisotopic (exact) mass is 452 g/mol. The fourth-order valence-corrected chi connectivity index (χ4v) is 4.78. The number of aromatic nitrogens is 2. The van der Waals surface area contributed by atoms with Crippen LogP contribution in [-0.2, 0) is 16.1 Å². The normalized spacial score (nSPS) is 16.2. The predicted octanol–water partition coefficient (Wildman–Crippen LogP) is 4.03. The number of amides is 2. The molecule has 168 valence electrons. The van der Waals surface area contributed by atoms with Gasteiger partial charge >= 0.3 is 0 Å². The smallest absolute Gasteiger partial charge is 0.242 e. The minimum atomic E-state index is -0.130. The van der Waals surface area contributed by atoms with Gasteiger partial charge in [0, 0.05) is 18.8 Å². The van der Waals surface area contributed by atoms with Crippen molar-refractivity contribution < 1.29 is 14.3 Å². The zero-order valence-corrected chi connectivity index (χ0v) is 19.2. The van der Waals surface area contributed by atoms with Crippen LogP contribution in [0.1, 0.15) is 19.8 Å². The molecule has 1 aliphatic rings. The Morgan fingerprint density at radius 1 is 1.19 bits per heavy atom. The first-order valence-electron chi connectivity index (χ1n) is 10.8. The fourth-order valence-electron chi connectivity index (χ4n) is 3.97. The molecule has 0 radical (unpaired) electrons. The number of benzene rings is 2. The summed E-state index contributed by atoms with van der Waals surface area (Å²) >= 11 is 1.34. The topological polar surface area (TPSA) is 76.5 Å². The van der Waals surface area contributed by atoms with E-state index in [0.717, 1.165) is 36.3 Å². The van der Waals surface area contributed by atoms with E-state index in [1.54, 1.807) is 31.4 Å². The zero-order chi connectivity index (χ0) is 22.5. The molecule has 1 saturated heterocycles. The third-order valence-corrected chi connectivity index (χ3v) is 6.61. The molecule has 1 atom stereocenters. The molecule has 0 bridgehead atoms. The third-order valence-electron chi connectivity index (χ3n) is 5.63. The average Bonchev–Trinajstić information content (AvgIpc) is 3.15. The van der Waals surface area contributed by atoms with Crippen LogP contribution < -0.4 is 10.1 Å². The molecule has 2 amide bonds. The van der Waals surface area contributed by atoms with E-state index in [2.05, 4.69) is 17.2 Å². The van der Waals surface area contributed by atoms with Gasteiger partial charge in [0.25, 0.3) is 0 Å². The van der Waals surface area contributed by atoms with Crippen molar-refractivity contribution in [2.45, 2.75) is 31.5 Å². The van der Waals surface area contributed by atoms with Crippen molar-refractivity contribution in [3.63, 3.8) is 0 Å². The van der Waals surface area contributed by atoms with Crippen LogP contribution in [-0.4, -0.2) is 52.2 Å². The molecule has 0 aliphatic carbocycles. The van der Waals surface area contributed by atoms with Crippen molar-refractivity contribution in [3.8, 4) is 5.75 Å². The van der Waals surface area contributed by atoms with Gasteiger partial charge in [0.05, 0.1) is 23.9 Å². The number of piperidine rings is 1. The van der Waals surface area contributed by atoms with Gasteiger partial charge in [-0.05, 0) is 55.2 Å². The molecule has 0 spiro atoms. The molecule has 1 fully saturated rings. The number of hydrogen-bond acceptors (Lipinski definition) is 5. The van der Waals surface area contributed by atoms with Crippen LogP contribution in [0.15, 0.2) is 53.7 Å². The van der Waals surface area contributed by atoms with E-state index < -0.39 is 0 Å². The van der Waals surface area contributed by atoms with Gasteiger partial charge in [0.1, 0.15) is 12.3 Å². The lowest BCUT2D eigenvalue weighted by atomic mass is 10.0. The van der Waals surface area contributed by atoms with Crippen LogP contribution in [0.2, 0.25) is 0 Å². The van der Waals surface area contributed by atoms with Crippen LogP contribution >= 0.6 is 11.8 Å². The van der Waals surface area contributed by atoms with E-state index >= 15 is 0 Å². The first kappa shape index (κ1) is 22.2. The molecule has 3 aromatic rings. The fraction of sp³-hybridized carbons (Fsp3) is 0.375. The highest BCUT2D eigenvalue weighted by Gasteiger charge is 2.23. The number of thioether (sulfide) groups is 1. The standard InChI is InChI=1S/C24H28N4O3S/c1-17-6-5-13-27(14-17)23(30)15-28-21-8-4-3-7-20(21)26-24(28)32-16-22(29)25-18-9-11-19(31-2)12-10-18/h3-4,7-12,17H,5-6,13-16H2,1-2H3,(H,25,29). The number of anilines is 1. The van der Waals surface area contributed by atoms with Gasteiger partial charge in [-0.25, -0.2) is 4.98 Å². The Labute approximate surface area is 192 Å². The second-order valence-electron chi connectivity index (χ2n) is 8.12. The van der Waals surface area contributed by atoms with Gasteiger partial charge in [-0.15, -0.1) is 0 Å². The summed E-state index contributed by atoms with van der Waals surface area (Å²) in [6.07, 6.45) is 2.22. The molecule has 2 aromatic carbocycles. The molecule has 0 saturated carbocycles. The molecule has 8 heteroatoms. The number of methoxy groups -OCH3 is 1. The molecule has 32 heavy (non-hydrogen) atoms. The second-order valence-corrected chi connectivity index (χ2v) is 9.06. The van der Waals surface area contributed by atoms with Crippen molar-refractivity contribution in [3.05, 3.63) is 48.5 Å². The number of rotatable bonds is 7. The number of likely N-dealkylation sites (tertiary alicyclic amines) is 1. The Kier molecular flexibility index (Phi) is 6.99. The number of ether oxygens (including phenoxy) is 1. The number of imidazole rings is 1. The number of para-hydroxylation sites is 2. The van der Waals surface area contributed by atoms with E-state index in [0.29, 0.717) is 16.8 Å². The van der Waals surface area contributed by atoms with Gasteiger partial charge < -0.3 is 19.5 Å². The van der Waals surface area contributed by atoms with Crippen LogP contribution in [0, 0.1) is 5.92 Å². The van der Waals surface area contributed by atoms with Crippen LogP contribution in [0.25, 0.3) is 11.0 Å². The number of nitrogens with one attached hydrogen (secondary N) is 1. The lowest BCUT2D eigenvalue weighted by molar-refractivity contribution is -0.133. The summed E-state index contributed by atoms with van der Waals surface area (Å²) in [7, 11) is 1.60. The number of carbonyl (C=O) groups excluding carboxylic acids is 2. The second kappa shape index (κ2) is 10.1. The number of carbonyl (C=O) groups is 2. The van der Waals surface area contributed by atoms with E-state index in [1.807, 2.05) is 33.7 Å². The molecule has 1 unspecified atom stereocenters. The maximum Gasteiger partial charge on any atom is 0.242 e. The highest BCUT2D eigenvalue weighted by molar-refractivity contribution is 7.99. The van der Waals surface area contributed by atoms with E-state index in [1.165, 1.54) is 18.2 Å². The first-order chi connectivity index (χ1) is 15.5. The lowest BCUT2D eigenvalue weighted by Gasteiger charge is -2.31. The van der Waals surface area contributed by atoms with Crippen LogP contribution in [0.5, 0.6) is 5.75 Å². The summed E-state index contributed by atoms with van der Waals surface area (Å²) in [4.78, 5) is 32.2. The van der Waals surface area contributed by atoms with Gasteiger partial charge in [0.2, 0.25) is 11.8 Å². The molecule has 2 heterocycles. The van der Waals surface area contributed by atoms with Crippen molar-refractivity contribution in [1.29, 1.82) is 0 Å². The number of nitrogens with zero attached hydrogens (tertiary/aromatic N) is 3.